The van der Waals surface area contributed by atoms with E-state index in [0.29, 0.717) is 28.5 Å². The van der Waals surface area contributed by atoms with Gasteiger partial charge >= 0.3 is 0 Å². The zero-order valence-corrected chi connectivity index (χ0v) is 13.9. The normalized spacial score (nSPS) is 13.6. The number of nitriles is 1. The van der Waals surface area contributed by atoms with Crippen molar-refractivity contribution in [3.05, 3.63) is 64.2 Å². The van der Waals surface area contributed by atoms with Gasteiger partial charge in [0.15, 0.2) is 0 Å². The molecule has 2 aromatic carbocycles. The number of ether oxygens (including phenoxy) is 1. The lowest BCUT2D eigenvalue weighted by molar-refractivity contribution is 0.0793. The number of benzene rings is 2. The molecule has 0 N–H and O–H groups in total. The van der Waals surface area contributed by atoms with Crippen molar-refractivity contribution in [2.45, 2.75) is 19.4 Å². The van der Waals surface area contributed by atoms with E-state index in [1.165, 1.54) is 0 Å². The summed E-state index contributed by atoms with van der Waals surface area (Å²) in [6.45, 7) is 2.05. The number of nitrogens with zero attached hydrogens (tertiary/aromatic N) is 2. The van der Waals surface area contributed by atoms with Crippen molar-refractivity contribution in [2.75, 3.05) is 13.1 Å². The lowest BCUT2D eigenvalue weighted by Crippen LogP contribution is -2.27. The largest absolute Gasteiger partial charge is 0.487 e. The highest BCUT2D eigenvalue weighted by Crippen LogP contribution is 2.26. The van der Waals surface area contributed by atoms with Gasteiger partial charge in [-0.2, -0.15) is 5.26 Å². The molecule has 0 unspecified atom stereocenters. The van der Waals surface area contributed by atoms with Crippen LogP contribution in [0.2, 0.25) is 5.02 Å². The van der Waals surface area contributed by atoms with Gasteiger partial charge in [-0.05, 0) is 48.7 Å². The van der Waals surface area contributed by atoms with Gasteiger partial charge in [0.25, 0.3) is 5.91 Å². The van der Waals surface area contributed by atoms with Crippen LogP contribution in [0.1, 0.15) is 34.3 Å². The molecule has 122 valence electrons. The average molecular weight is 341 g/mol. The van der Waals surface area contributed by atoms with Crippen LogP contribution in [0.3, 0.4) is 0 Å². The molecule has 0 aliphatic carbocycles. The molecule has 4 nitrogen and oxygen atoms in total. The molecule has 1 heterocycles. The second kappa shape index (κ2) is 7.37. The number of hydrogen-bond acceptors (Lipinski definition) is 3. The molecule has 0 aromatic heterocycles. The van der Waals surface area contributed by atoms with E-state index in [-0.39, 0.29) is 5.91 Å². The maximum atomic E-state index is 12.3. The van der Waals surface area contributed by atoms with Crippen molar-refractivity contribution in [2.24, 2.45) is 0 Å². The number of carbonyl (C=O) groups is 1. The molecule has 1 fully saturated rings. The Bertz CT molecular complexity index is 775. The van der Waals surface area contributed by atoms with Crippen LogP contribution in [0.5, 0.6) is 5.75 Å². The maximum Gasteiger partial charge on any atom is 0.253 e. The van der Waals surface area contributed by atoms with Crippen LogP contribution in [0.4, 0.5) is 0 Å². The van der Waals surface area contributed by atoms with Gasteiger partial charge in [0.1, 0.15) is 12.4 Å². The zero-order chi connectivity index (χ0) is 16.9. The fourth-order valence-corrected chi connectivity index (χ4v) is 2.93. The van der Waals surface area contributed by atoms with Crippen molar-refractivity contribution >= 4 is 17.5 Å². The predicted molar refractivity (Wildman–Crippen MR) is 92.1 cm³/mol. The summed E-state index contributed by atoms with van der Waals surface area (Å²) in [7, 11) is 0. The Balaban J connectivity index is 1.62. The van der Waals surface area contributed by atoms with Crippen LogP contribution in [0, 0.1) is 11.3 Å². The van der Waals surface area contributed by atoms with Crippen molar-refractivity contribution in [1.29, 1.82) is 5.26 Å². The van der Waals surface area contributed by atoms with Crippen LogP contribution in [-0.2, 0) is 6.61 Å². The molecule has 1 aliphatic heterocycles. The summed E-state index contributed by atoms with van der Waals surface area (Å²) in [6, 6.07) is 14.4. The van der Waals surface area contributed by atoms with E-state index in [4.69, 9.17) is 21.6 Å². The second-order valence-corrected chi connectivity index (χ2v) is 6.15. The minimum atomic E-state index is 0.0927. The van der Waals surface area contributed by atoms with Crippen LogP contribution >= 0.6 is 11.6 Å². The van der Waals surface area contributed by atoms with Crippen molar-refractivity contribution in [3.8, 4) is 11.8 Å². The number of likely N-dealkylation sites (tertiary alicyclic amines) is 1. The molecule has 2 aromatic rings. The summed E-state index contributed by atoms with van der Waals surface area (Å²) >= 11 is 6.09. The van der Waals surface area contributed by atoms with Crippen molar-refractivity contribution in [1.82, 2.24) is 4.90 Å². The standard InChI is InChI=1S/C19H17ClN2O2/c20-17-11-15(12-21)5-8-18(17)24-13-14-3-6-16(7-4-14)19(23)22-9-1-2-10-22/h3-8,11H,1-2,9-10,13H2. The van der Waals surface area contributed by atoms with Crippen LogP contribution < -0.4 is 4.74 Å². The predicted octanol–water partition coefficient (Wildman–Crippen LogP) is 4.03. The van der Waals surface area contributed by atoms with E-state index in [0.717, 1.165) is 31.5 Å². The third kappa shape index (κ3) is 3.69. The highest BCUT2D eigenvalue weighted by Gasteiger charge is 2.19. The minimum Gasteiger partial charge on any atom is -0.487 e. The first-order valence-electron chi connectivity index (χ1n) is 7.88. The molecule has 1 amide bonds. The number of amides is 1. The Morgan fingerprint density at radius 2 is 1.88 bits per heavy atom. The van der Waals surface area contributed by atoms with E-state index in [1.807, 2.05) is 35.2 Å². The van der Waals surface area contributed by atoms with Crippen molar-refractivity contribution < 1.29 is 9.53 Å². The maximum absolute atomic E-state index is 12.3. The SMILES string of the molecule is N#Cc1ccc(OCc2ccc(C(=O)N3CCCC3)cc2)c(Cl)c1. The van der Waals surface area contributed by atoms with Crippen LogP contribution in [0.15, 0.2) is 42.5 Å². The van der Waals surface area contributed by atoms with Crippen LogP contribution in [0.25, 0.3) is 0 Å². The van der Waals surface area contributed by atoms with E-state index < -0.39 is 0 Å². The number of hydrogen-bond donors (Lipinski definition) is 0. The van der Waals surface area contributed by atoms with Gasteiger partial charge in [0, 0.05) is 18.7 Å². The zero-order valence-electron chi connectivity index (χ0n) is 13.2. The van der Waals surface area contributed by atoms with Gasteiger partial charge in [0.05, 0.1) is 16.7 Å². The monoisotopic (exact) mass is 340 g/mol. The highest BCUT2D eigenvalue weighted by atomic mass is 35.5. The summed E-state index contributed by atoms with van der Waals surface area (Å²) in [6.07, 6.45) is 2.17. The third-order valence-electron chi connectivity index (χ3n) is 4.05. The summed E-state index contributed by atoms with van der Waals surface area (Å²) in [4.78, 5) is 14.2. The van der Waals surface area contributed by atoms with Gasteiger partial charge < -0.3 is 9.64 Å². The minimum absolute atomic E-state index is 0.0927. The summed E-state index contributed by atoms with van der Waals surface area (Å²) in [5, 5.41) is 9.24. The third-order valence-corrected chi connectivity index (χ3v) is 4.34. The smallest absolute Gasteiger partial charge is 0.253 e. The van der Waals surface area contributed by atoms with Crippen LogP contribution in [-0.4, -0.2) is 23.9 Å². The van der Waals surface area contributed by atoms with Gasteiger partial charge in [-0.3, -0.25) is 4.79 Å². The Morgan fingerprint density at radius 3 is 2.50 bits per heavy atom. The fourth-order valence-electron chi connectivity index (χ4n) is 2.69. The summed E-state index contributed by atoms with van der Waals surface area (Å²) in [5.74, 6) is 0.628. The molecule has 0 bridgehead atoms. The van der Waals surface area contributed by atoms with E-state index >= 15 is 0 Å². The Kier molecular flexibility index (Phi) is 5.02. The lowest BCUT2D eigenvalue weighted by atomic mass is 10.1. The Labute approximate surface area is 146 Å². The average Bonchev–Trinajstić information content (AvgIpc) is 3.15. The van der Waals surface area contributed by atoms with Gasteiger partial charge in [-0.15, -0.1) is 0 Å². The molecule has 0 radical (unpaired) electrons. The van der Waals surface area contributed by atoms with Crippen molar-refractivity contribution in [3.63, 3.8) is 0 Å². The first-order valence-corrected chi connectivity index (χ1v) is 8.26. The molecular weight excluding hydrogens is 324 g/mol. The summed E-state index contributed by atoms with van der Waals surface area (Å²) < 4.78 is 5.69. The van der Waals surface area contributed by atoms with Gasteiger partial charge in [0.2, 0.25) is 0 Å². The van der Waals surface area contributed by atoms with E-state index in [2.05, 4.69) is 0 Å². The quantitative estimate of drug-likeness (QED) is 0.844. The molecular formula is C19H17ClN2O2. The Morgan fingerprint density at radius 1 is 1.17 bits per heavy atom. The molecule has 0 atom stereocenters. The first-order chi connectivity index (χ1) is 11.7. The number of rotatable bonds is 4. The molecule has 24 heavy (non-hydrogen) atoms. The first kappa shape index (κ1) is 16.4. The molecule has 1 aliphatic rings. The Hall–Kier alpha value is -2.51. The van der Waals surface area contributed by atoms with E-state index in [1.54, 1.807) is 18.2 Å². The highest BCUT2D eigenvalue weighted by molar-refractivity contribution is 6.32. The molecule has 5 heteroatoms. The van der Waals surface area contributed by atoms with Gasteiger partial charge in [-0.25, -0.2) is 0 Å². The molecule has 3 rings (SSSR count). The second-order valence-electron chi connectivity index (χ2n) is 5.74. The molecule has 1 saturated heterocycles. The molecule has 0 saturated carbocycles. The van der Waals surface area contributed by atoms with E-state index in [9.17, 15) is 4.79 Å². The topological polar surface area (TPSA) is 53.3 Å². The molecule has 0 spiro atoms. The summed E-state index contributed by atoms with van der Waals surface area (Å²) in [5.41, 5.74) is 2.16. The number of halogens is 1. The number of carbonyl (C=O) groups excluding carboxylic acids is 1. The van der Waals surface area contributed by atoms with Gasteiger partial charge in [-0.1, -0.05) is 23.7 Å². The fraction of sp³-hybridized carbons (Fsp3) is 0.263. The lowest BCUT2D eigenvalue weighted by Gasteiger charge is -2.15.